The van der Waals surface area contributed by atoms with E-state index in [2.05, 4.69) is 37.4 Å². The molecule has 4 heteroatoms. The molecule has 0 aliphatic carbocycles. The van der Waals surface area contributed by atoms with Crippen molar-refractivity contribution in [1.29, 1.82) is 0 Å². The summed E-state index contributed by atoms with van der Waals surface area (Å²) < 4.78 is 7.24. The van der Waals surface area contributed by atoms with Gasteiger partial charge in [0.1, 0.15) is 5.75 Å². The molecular formula is C17H24N2OS. The third-order valence-corrected chi connectivity index (χ3v) is 4.97. The Labute approximate surface area is 130 Å². The molecule has 0 amide bonds. The minimum absolute atomic E-state index is 0.654. The second-order valence-corrected chi connectivity index (χ2v) is 7.45. The number of hydrogen-bond acceptors (Lipinski definition) is 4. The normalized spacial score (nSPS) is 16.7. The Morgan fingerprint density at radius 1 is 1.33 bits per heavy atom. The SMILES string of the molecule is CC(C)Cc1nc2ccc(OCC3CCNCC3)cc2s1. The first-order valence-electron chi connectivity index (χ1n) is 7.93. The fraction of sp³-hybridized carbons (Fsp3) is 0.588. The molecule has 0 radical (unpaired) electrons. The predicted molar refractivity (Wildman–Crippen MR) is 89.3 cm³/mol. The van der Waals surface area contributed by atoms with Crippen LogP contribution in [0.1, 0.15) is 31.7 Å². The lowest BCUT2D eigenvalue weighted by molar-refractivity contribution is 0.215. The summed E-state index contributed by atoms with van der Waals surface area (Å²) >= 11 is 1.80. The predicted octanol–water partition coefficient (Wildman–Crippen LogP) is 3.87. The van der Waals surface area contributed by atoms with Crippen LogP contribution in [0.4, 0.5) is 0 Å². The summed E-state index contributed by atoms with van der Waals surface area (Å²) in [4.78, 5) is 4.70. The number of thiazole rings is 1. The molecule has 1 aliphatic rings. The molecule has 114 valence electrons. The molecule has 1 saturated heterocycles. The van der Waals surface area contributed by atoms with Gasteiger partial charge < -0.3 is 10.1 Å². The Hall–Kier alpha value is -1.13. The number of nitrogens with one attached hydrogen (secondary N) is 1. The summed E-state index contributed by atoms with van der Waals surface area (Å²) in [6.45, 7) is 7.56. The van der Waals surface area contributed by atoms with E-state index in [0.29, 0.717) is 11.8 Å². The molecule has 1 aromatic carbocycles. The third-order valence-electron chi connectivity index (χ3n) is 3.93. The molecule has 0 unspecified atom stereocenters. The van der Waals surface area contributed by atoms with Crippen LogP contribution >= 0.6 is 11.3 Å². The Kier molecular flexibility index (Phi) is 4.76. The van der Waals surface area contributed by atoms with Gasteiger partial charge in [0.25, 0.3) is 0 Å². The monoisotopic (exact) mass is 304 g/mol. The van der Waals surface area contributed by atoms with Crippen molar-refractivity contribution >= 4 is 21.6 Å². The number of fused-ring (bicyclic) bond motifs is 1. The van der Waals surface area contributed by atoms with Gasteiger partial charge in [-0.15, -0.1) is 11.3 Å². The van der Waals surface area contributed by atoms with E-state index in [0.717, 1.165) is 37.4 Å². The van der Waals surface area contributed by atoms with E-state index in [1.54, 1.807) is 11.3 Å². The zero-order valence-corrected chi connectivity index (χ0v) is 13.7. The van der Waals surface area contributed by atoms with Crippen molar-refractivity contribution in [2.75, 3.05) is 19.7 Å². The summed E-state index contributed by atoms with van der Waals surface area (Å²) in [6.07, 6.45) is 3.51. The second-order valence-electron chi connectivity index (χ2n) is 6.34. The lowest BCUT2D eigenvalue weighted by Crippen LogP contribution is -2.30. The Balaban J connectivity index is 1.65. The molecule has 2 aromatic rings. The van der Waals surface area contributed by atoms with E-state index in [1.165, 1.54) is 22.5 Å². The van der Waals surface area contributed by atoms with Gasteiger partial charge in [-0.25, -0.2) is 4.98 Å². The van der Waals surface area contributed by atoms with Crippen molar-refractivity contribution in [3.8, 4) is 5.75 Å². The van der Waals surface area contributed by atoms with Crippen LogP contribution in [0.25, 0.3) is 10.2 Å². The van der Waals surface area contributed by atoms with Crippen molar-refractivity contribution in [1.82, 2.24) is 10.3 Å². The van der Waals surface area contributed by atoms with E-state index >= 15 is 0 Å². The average Bonchev–Trinajstić information content (AvgIpc) is 2.86. The summed E-state index contributed by atoms with van der Waals surface area (Å²) in [6, 6.07) is 6.30. The summed E-state index contributed by atoms with van der Waals surface area (Å²) in [5, 5.41) is 4.63. The summed E-state index contributed by atoms with van der Waals surface area (Å²) in [7, 11) is 0. The lowest BCUT2D eigenvalue weighted by Gasteiger charge is -2.22. The maximum Gasteiger partial charge on any atom is 0.120 e. The summed E-state index contributed by atoms with van der Waals surface area (Å²) in [5.74, 6) is 2.34. The topological polar surface area (TPSA) is 34.1 Å². The fourth-order valence-electron chi connectivity index (χ4n) is 2.74. The largest absolute Gasteiger partial charge is 0.493 e. The first-order valence-corrected chi connectivity index (χ1v) is 8.75. The number of piperidine rings is 1. The Morgan fingerprint density at radius 3 is 2.90 bits per heavy atom. The van der Waals surface area contributed by atoms with E-state index in [4.69, 9.17) is 9.72 Å². The molecule has 1 aromatic heterocycles. The minimum atomic E-state index is 0.654. The van der Waals surface area contributed by atoms with Crippen LogP contribution in [-0.4, -0.2) is 24.7 Å². The van der Waals surface area contributed by atoms with Gasteiger partial charge in [-0.1, -0.05) is 13.8 Å². The smallest absolute Gasteiger partial charge is 0.120 e. The Bertz CT molecular complexity index is 587. The van der Waals surface area contributed by atoms with Crippen molar-refractivity contribution in [2.24, 2.45) is 11.8 Å². The van der Waals surface area contributed by atoms with Gasteiger partial charge in [-0.05, 0) is 56.0 Å². The molecule has 1 aliphatic heterocycles. The average molecular weight is 304 g/mol. The molecule has 0 atom stereocenters. The molecule has 0 bridgehead atoms. The highest BCUT2D eigenvalue weighted by atomic mass is 32.1. The molecule has 21 heavy (non-hydrogen) atoms. The van der Waals surface area contributed by atoms with Crippen LogP contribution in [0.5, 0.6) is 5.75 Å². The third kappa shape index (κ3) is 3.95. The molecule has 3 nitrogen and oxygen atoms in total. The molecule has 1 fully saturated rings. The van der Waals surface area contributed by atoms with E-state index in [1.807, 2.05) is 0 Å². The number of nitrogens with zero attached hydrogens (tertiary/aromatic N) is 1. The quantitative estimate of drug-likeness (QED) is 0.910. The minimum Gasteiger partial charge on any atom is -0.493 e. The maximum absolute atomic E-state index is 6.00. The van der Waals surface area contributed by atoms with Crippen LogP contribution < -0.4 is 10.1 Å². The number of rotatable bonds is 5. The molecule has 2 heterocycles. The van der Waals surface area contributed by atoms with Crippen LogP contribution in [0.3, 0.4) is 0 Å². The first-order chi connectivity index (χ1) is 10.2. The highest BCUT2D eigenvalue weighted by Crippen LogP contribution is 2.28. The lowest BCUT2D eigenvalue weighted by atomic mass is 9.99. The zero-order valence-electron chi connectivity index (χ0n) is 12.9. The van der Waals surface area contributed by atoms with Crippen LogP contribution in [0.15, 0.2) is 18.2 Å². The van der Waals surface area contributed by atoms with Gasteiger partial charge in [0.2, 0.25) is 0 Å². The number of benzene rings is 1. The highest BCUT2D eigenvalue weighted by molar-refractivity contribution is 7.18. The van der Waals surface area contributed by atoms with Crippen molar-refractivity contribution in [2.45, 2.75) is 33.1 Å². The standard InChI is InChI=1S/C17H24N2OS/c1-12(2)9-17-19-15-4-3-14(10-16(15)21-17)20-11-13-5-7-18-8-6-13/h3-4,10,12-13,18H,5-9,11H2,1-2H3. The molecule has 0 spiro atoms. The van der Waals surface area contributed by atoms with Gasteiger partial charge in [0.15, 0.2) is 0 Å². The zero-order chi connectivity index (χ0) is 14.7. The second kappa shape index (κ2) is 6.75. The van der Waals surface area contributed by atoms with Gasteiger partial charge in [0.05, 0.1) is 21.8 Å². The fourth-order valence-corrected chi connectivity index (χ4v) is 3.95. The van der Waals surface area contributed by atoms with Crippen molar-refractivity contribution in [3.63, 3.8) is 0 Å². The summed E-state index contributed by atoms with van der Waals surface area (Å²) in [5.41, 5.74) is 1.10. The van der Waals surface area contributed by atoms with E-state index in [-0.39, 0.29) is 0 Å². The van der Waals surface area contributed by atoms with Crippen molar-refractivity contribution in [3.05, 3.63) is 23.2 Å². The van der Waals surface area contributed by atoms with E-state index < -0.39 is 0 Å². The number of ether oxygens (including phenoxy) is 1. The van der Waals surface area contributed by atoms with Gasteiger partial charge >= 0.3 is 0 Å². The van der Waals surface area contributed by atoms with Gasteiger partial charge in [0, 0.05) is 6.42 Å². The van der Waals surface area contributed by atoms with Crippen LogP contribution in [0.2, 0.25) is 0 Å². The van der Waals surface area contributed by atoms with Crippen molar-refractivity contribution < 1.29 is 4.74 Å². The van der Waals surface area contributed by atoms with Crippen LogP contribution in [-0.2, 0) is 6.42 Å². The number of aromatic nitrogens is 1. The number of hydrogen-bond donors (Lipinski definition) is 1. The molecule has 3 rings (SSSR count). The first kappa shape index (κ1) is 14.8. The molecular weight excluding hydrogens is 280 g/mol. The van der Waals surface area contributed by atoms with E-state index in [9.17, 15) is 0 Å². The molecule has 1 N–H and O–H groups in total. The van der Waals surface area contributed by atoms with Crippen LogP contribution in [0, 0.1) is 11.8 Å². The molecule has 0 saturated carbocycles. The Morgan fingerprint density at radius 2 is 2.14 bits per heavy atom. The maximum atomic E-state index is 6.00. The highest BCUT2D eigenvalue weighted by Gasteiger charge is 2.14. The van der Waals surface area contributed by atoms with Gasteiger partial charge in [-0.2, -0.15) is 0 Å². The van der Waals surface area contributed by atoms with Gasteiger partial charge in [-0.3, -0.25) is 0 Å².